The second kappa shape index (κ2) is 7.85. The molecule has 1 aliphatic heterocycles. The van der Waals surface area contributed by atoms with Crippen molar-refractivity contribution >= 4 is 39.6 Å². The van der Waals surface area contributed by atoms with Crippen molar-refractivity contribution in [1.82, 2.24) is 5.32 Å². The first-order chi connectivity index (χ1) is 11.6. The molecule has 0 aromatic heterocycles. The molecule has 0 saturated carbocycles. The lowest BCUT2D eigenvalue weighted by molar-refractivity contribution is 0.0293. The molecule has 0 aliphatic carbocycles. The molecule has 0 spiro atoms. The average Bonchev–Trinajstić information content (AvgIpc) is 3.03. The van der Waals surface area contributed by atoms with E-state index >= 15 is 0 Å². The van der Waals surface area contributed by atoms with Crippen LogP contribution in [0.15, 0.2) is 59.1 Å². The first-order valence-electron chi connectivity index (χ1n) is 7.53. The number of halogens is 1. The van der Waals surface area contributed by atoms with Crippen LogP contribution in [0.25, 0.3) is 0 Å². The van der Waals surface area contributed by atoms with Crippen LogP contribution in [0.1, 0.15) is 20.7 Å². The van der Waals surface area contributed by atoms with Crippen molar-refractivity contribution in [2.45, 2.75) is 12.1 Å². The second-order valence-electron chi connectivity index (χ2n) is 5.43. The van der Waals surface area contributed by atoms with Gasteiger partial charge >= 0.3 is 5.97 Å². The van der Waals surface area contributed by atoms with Gasteiger partial charge in [-0.15, -0.1) is 0 Å². The summed E-state index contributed by atoms with van der Waals surface area (Å²) in [6.45, 7) is 0. The van der Waals surface area contributed by atoms with Crippen molar-refractivity contribution in [3.63, 3.8) is 0 Å². The molecule has 6 heteroatoms. The van der Waals surface area contributed by atoms with Gasteiger partial charge in [-0.3, -0.25) is 4.79 Å². The molecule has 3 rings (SSSR count). The summed E-state index contributed by atoms with van der Waals surface area (Å²) in [7, 11) is 0. The van der Waals surface area contributed by atoms with Crippen molar-refractivity contribution < 1.29 is 14.3 Å². The number of rotatable bonds is 4. The zero-order chi connectivity index (χ0) is 16.9. The Hall–Kier alpha value is -1.79. The molecule has 1 aliphatic rings. The summed E-state index contributed by atoms with van der Waals surface area (Å²) in [6, 6.07) is 15.9. The van der Waals surface area contributed by atoms with Gasteiger partial charge in [0.2, 0.25) is 0 Å². The standard InChI is InChI=1S/C18H16BrNO3S/c19-14-8-6-13(7-9-14)18(22)23-16-11-24-10-15(16)20-17(21)12-4-2-1-3-5-12/h1-9,15-16H,10-11H2,(H,20,21)/t15-,16+/m1/s1. The third kappa shape index (κ3) is 4.19. The molecule has 2 atom stereocenters. The summed E-state index contributed by atoms with van der Waals surface area (Å²) < 4.78 is 6.50. The molecule has 1 amide bonds. The third-order valence-corrected chi connectivity index (χ3v) is 5.41. The number of nitrogens with one attached hydrogen (secondary N) is 1. The number of benzene rings is 2. The zero-order valence-corrected chi connectivity index (χ0v) is 15.2. The van der Waals surface area contributed by atoms with E-state index in [-0.39, 0.29) is 24.0 Å². The first-order valence-corrected chi connectivity index (χ1v) is 9.48. The van der Waals surface area contributed by atoms with Gasteiger partial charge in [0, 0.05) is 21.5 Å². The van der Waals surface area contributed by atoms with Gasteiger partial charge in [-0.1, -0.05) is 34.1 Å². The summed E-state index contributed by atoms with van der Waals surface area (Å²) >= 11 is 5.01. The fraction of sp³-hybridized carbons (Fsp3) is 0.222. The number of carbonyl (C=O) groups excluding carboxylic acids is 2. The number of carbonyl (C=O) groups is 2. The van der Waals surface area contributed by atoms with Crippen molar-refractivity contribution in [1.29, 1.82) is 0 Å². The van der Waals surface area contributed by atoms with E-state index in [0.717, 1.165) is 10.2 Å². The Morgan fingerprint density at radius 3 is 2.42 bits per heavy atom. The number of esters is 1. The van der Waals surface area contributed by atoms with Crippen LogP contribution in [-0.4, -0.2) is 35.5 Å². The van der Waals surface area contributed by atoms with Crippen molar-refractivity contribution in [2.75, 3.05) is 11.5 Å². The largest absolute Gasteiger partial charge is 0.456 e. The minimum absolute atomic E-state index is 0.146. The molecule has 1 saturated heterocycles. The highest BCUT2D eigenvalue weighted by atomic mass is 79.9. The maximum absolute atomic E-state index is 12.3. The fourth-order valence-corrected chi connectivity index (χ4v) is 3.90. The number of ether oxygens (including phenoxy) is 1. The predicted octanol–water partition coefficient (Wildman–Crippen LogP) is 3.52. The minimum Gasteiger partial charge on any atom is -0.456 e. The van der Waals surface area contributed by atoms with Crippen LogP contribution in [0.3, 0.4) is 0 Å². The Bertz CT molecular complexity index is 721. The van der Waals surface area contributed by atoms with Gasteiger partial charge in [-0.2, -0.15) is 11.8 Å². The van der Waals surface area contributed by atoms with Crippen LogP contribution in [-0.2, 0) is 4.74 Å². The third-order valence-electron chi connectivity index (χ3n) is 3.72. The smallest absolute Gasteiger partial charge is 0.338 e. The lowest BCUT2D eigenvalue weighted by atomic mass is 10.1. The molecule has 0 bridgehead atoms. The van der Waals surface area contributed by atoms with Crippen LogP contribution in [0.5, 0.6) is 0 Å². The van der Waals surface area contributed by atoms with Crippen LogP contribution in [0, 0.1) is 0 Å². The molecule has 124 valence electrons. The summed E-state index contributed by atoms with van der Waals surface area (Å²) in [5.74, 6) is 0.903. The first kappa shape index (κ1) is 17.0. The second-order valence-corrected chi connectivity index (χ2v) is 7.42. The van der Waals surface area contributed by atoms with Crippen molar-refractivity contribution in [3.8, 4) is 0 Å². The van der Waals surface area contributed by atoms with Crippen LogP contribution < -0.4 is 5.32 Å². The highest BCUT2D eigenvalue weighted by Crippen LogP contribution is 2.23. The van der Waals surface area contributed by atoms with Gasteiger partial charge in [-0.05, 0) is 36.4 Å². The summed E-state index contributed by atoms with van der Waals surface area (Å²) in [6.07, 6.45) is -0.321. The molecular formula is C18H16BrNO3S. The van der Waals surface area contributed by atoms with E-state index in [1.807, 2.05) is 18.2 Å². The quantitative estimate of drug-likeness (QED) is 0.790. The Labute approximate surface area is 153 Å². The van der Waals surface area contributed by atoms with Gasteiger partial charge < -0.3 is 10.1 Å². The zero-order valence-electron chi connectivity index (χ0n) is 12.8. The van der Waals surface area contributed by atoms with E-state index in [9.17, 15) is 9.59 Å². The molecule has 2 aromatic rings. The Morgan fingerprint density at radius 2 is 1.71 bits per heavy atom. The highest BCUT2D eigenvalue weighted by Gasteiger charge is 2.32. The monoisotopic (exact) mass is 405 g/mol. The SMILES string of the molecule is O=C(N[C@@H]1CSC[C@@H]1OC(=O)c1ccc(Br)cc1)c1ccccc1. The van der Waals surface area contributed by atoms with E-state index in [2.05, 4.69) is 21.2 Å². The summed E-state index contributed by atoms with van der Waals surface area (Å²) in [4.78, 5) is 24.5. The number of hydrogen-bond donors (Lipinski definition) is 1. The lowest BCUT2D eigenvalue weighted by Gasteiger charge is -2.20. The Kier molecular flexibility index (Phi) is 5.58. The van der Waals surface area contributed by atoms with E-state index in [1.54, 1.807) is 48.2 Å². The molecule has 0 radical (unpaired) electrons. The van der Waals surface area contributed by atoms with Gasteiger partial charge in [0.05, 0.1) is 11.6 Å². The summed E-state index contributed by atoms with van der Waals surface area (Å²) in [5.41, 5.74) is 1.11. The van der Waals surface area contributed by atoms with Gasteiger partial charge in [0.25, 0.3) is 5.91 Å². The van der Waals surface area contributed by atoms with Crippen molar-refractivity contribution in [2.24, 2.45) is 0 Å². The lowest BCUT2D eigenvalue weighted by Crippen LogP contribution is -2.44. The fourth-order valence-electron chi connectivity index (χ4n) is 2.42. The van der Waals surface area contributed by atoms with Gasteiger partial charge in [-0.25, -0.2) is 4.79 Å². The molecule has 4 nitrogen and oxygen atoms in total. The van der Waals surface area contributed by atoms with E-state index in [4.69, 9.17) is 4.74 Å². The highest BCUT2D eigenvalue weighted by molar-refractivity contribution is 9.10. The van der Waals surface area contributed by atoms with Crippen LogP contribution in [0.2, 0.25) is 0 Å². The molecule has 1 N–H and O–H groups in total. The molecule has 1 fully saturated rings. The number of thioether (sulfide) groups is 1. The van der Waals surface area contributed by atoms with Crippen molar-refractivity contribution in [3.05, 3.63) is 70.2 Å². The molecular weight excluding hydrogens is 390 g/mol. The Morgan fingerprint density at radius 1 is 1.00 bits per heavy atom. The number of hydrogen-bond acceptors (Lipinski definition) is 4. The van der Waals surface area contributed by atoms with Crippen LogP contribution >= 0.6 is 27.7 Å². The van der Waals surface area contributed by atoms with Gasteiger partial charge in [0.15, 0.2) is 0 Å². The van der Waals surface area contributed by atoms with E-state index < -0.39 is 0 Å². The maximum atomic E-state index is 12.3. The maximum Gasteiger partial charge on any atom is 0.338 e. The van der Waals surface area contributed by atoms with E-state index in [0.29, 0.717) is 16.9 Å². The molecule has 1 heterocycles. The molecule has 2 aromatic carbocycles. The molecule has 0 unspecified atom stereocenters. The number of amides is 1. The van der Waals surface area contributed by atoms with E-state index in [1.165, 1.54) is 0 Å². The summed E-state index contributed by atoms with van der Waals surface area (Å²) in [5, 5.41) is 2.97. The average molecular weight is 406 g/mol. The topological polar surface area (TPSA) is 55.4 Å². The van der Waals surface area contributed by atoms with Gasteiger partial charge in [0.1, 0.15) is 6.10 Å². The van der Waals surface area contributed by atoms with Crippen LogP contribution in [0.4, 0.5) is 0 Å². The Balaban J connectivity index is 1.62. The molecule has 24 heavy (non-hydrogen) atoms. The normalized spacial score (nSPS) is 19.7. The minimum atomic E-state index is -0.367. The predicted molar refractivity (Wildman–Crippen MR) is 98.4 cm³/mol.